The number of nitrogens with one attached hydrogen (secondary N) is 1. The molecule has 2 atom stereocenters. The van der Waals surface area contributed by atoms with Crippen LogP contribution in [0.3, 0.4) is 0 Å². The lowest BCUT2D eigenvalue weighted by Gasteiger charge is -2.16. The maximum absolute atomic E-state index is 5.62. The predicted molar refractivity (Wildman–Crippen MR) is 45.7 cm³/mol. The van der Waals surface area contributed by atoms with E-state index in [0.29, 0.717) is 6.04 Å². The van der Waals surface area contributed by atoms with Crippen molar-refractivity contribution in [3.05, 3.63) is 12.8 Å². The van der Waals surface area contributed by atoms with Crippen LogP contribution in [-0.2, 0) is 0 Å². The highest BCUT2D eigenvalue weighted by Gasteiger charge is 2.04. The minimum absolute atomic E-state index is 0.275. The first-order chi connectivity index (χ1) is 4.70. The maximum atomic E-state index is 5.62. The van der Waals surface area contributed by atoms with Crippen LogP contribution in [0.2, 0.25) is 0 Å². The zero-order valence-corrected chi connectivity index (χ0v) is 6.93. The van der Waals surface area contributed by atoms with Gasteiger partial charge in [0, 0.05) is 12.1 Å². The van der Waals surface area contributed by atoms with Crippen LogP contribution >= 0.6 is 0 Å². The van der Waals surface area contributed by atoms with E-state index in [1.807, 2.05) is 6.92 Å². The Balaban J connectivity index is 3.48. The van der Waals surface area contributed by atoms with E-state index >= 15 is 0 Å². The van der Waals surface area contributed by atoms with Gasteiger partial charge >= 0.3 is 0 Å². The highest BCUT2D eigenvalue weighted by atomic mass is 14.9. The molecule has 0 heterocycles. The van der Waals surface area contributed by atoms with Crippen LogP contribution < -0.4 is 11.1 Å². The van der Waals surface area contributed by atoms with Crippen molar-refractivity contribution in [3.8, 4) is 0 Å². The smallest absolute Gasteiger partial charge is 0.0267 e. The van der Waals surface area contributed by atoms with Crippen LogP contribution in [-0.4, -0.2) is 12.1 Å². The van der Waals surface area contributed by atoms with E-state index in [-0.39, 0.29) is 6.04 Å². The van der Waals surface area contributed by atoms with Gasteiger partial charge in [-0.25, -0.2) is 0 Å². The lowest BCUT2D eigenvalue weighted by atomic mass is 10.1. The second-order valence-electron chi connectivity index (χ2n) is 2.69. The molecule has 0 aliphatic heterocycles. The van der Waals surface area contributed by atoms with Gasteiger partial charge in [-0.2, -0.15) is 0 Å². The van der Waals surface area contributed by atoms with Gasteiger partial charge in [0.05, 0.1) is 0 Å². The van der Waals surface area contributed by atoms with Crippen LogP contribution in [0, 0.1) is 0 Å². The predicted octanol–water partition coefficient (Wildman–Crippen LogP) is 1.24. The van der Waals surface area contributed by atoms with Gasteiger partial charge < -0.3 is 11.1 Å². The minimum Gasteiger partial charge on any atom is -0.389 e. The third-order valence-electron chi connectivity index (χ3n) is 1.50. The molecule has 0 aromatic heterocycles. The Morgan fingerprint density at radius 2 is 2.30 bits per heavy atom. The van der Waals surface area contributed by atoms with Crippen molar-refractivity contribution in [2.24, 2.45) is 5.73 Å². The standard InChI is InChI=1S/C8H18N2/c1-4-8(10-5-2)6-7(3)9/h5,7-8,10H,2,4,6,9H2,1,3H3. The maximum Gasteiger partial charge on any atom is 0.0267 e. The van der Waals surface area contributed by atoms with Crippen molar-refractivity contribution in [1.29, 1.82) is 0 Å². The first-order valence-corrected chi connectivity index (χ1v) is 3.83. The molecule has 2 heteroatoms. The summed E-state index contributed by atoms with van der Waals surface area (Å²) in [4.78, 5) is 0. The largest absolute Gasteiger partial charge is 0.389 e. The van der Waals surface area contributed by atoms with E-state index in [0.717, 1.165) is 12.8 Å². The van der Waals surface area contributed by atoms with E-state index in [1.165, 1.54) is 0 Å². The van der Waals surface area contributed by atoms with Gasteiger partial charge in [0.1, 0.15) is 0 Å². The van der Waals surface area contributed by atoms with Crippen molar-refractivity contribution in [2.75, 3.05) is 0 Å². The number of rotatable bonds is 5. The quantitative estimate of drug-likeness (QED) is 0.606. The zero-order chi connectivity index (χ0) is 7.98. The van der Waals surface area contributed by atoms with E-state index in [1.54, 1.807) is 6.20 Å². The van der Waals surface area contributed by atoms with Gasteiger partial charge in [-0.3, -0.25) is 0 Å². The minimum atomic E-state index is 0.275. The van der Waals surface area contributed by atoms with E-state index < -0.39 is 0 Å². The van der Waals surface area contributed by atoms with Gasteiger partial charge in [-0.1, -0.05) is 13.5 Å². The summed E-state index contributed by atoms with van der Waals surface area (Å²) in [5.41, 5.74) is 5.62. The molecule has 0 aromatic rings. The van der Waals surface area contributed by atoms with Crippen molar-refractivity contribution in [1.82, 2.24) is 5.32 Å². The summed E-state index contributed by atoms with van der Waals surface area (Å²) in [5, 5.41) is 3.15. The second kappa shape index (κ2) is 5.30. The summed E-state index contributed by atoms with van der Waals surface area (Å²) in [6.07, 6.45) is 3.85. The Bertz CT molecular complexity index is 89.3. The Hall–Kier alpha value is -0.500. The monoisotopic (exact) mass is 142 g/mol. The number of nitrogens with two attached hydrogens (primary N) is 1. The van der Waals surface area contributed by atoms with Crippen molar-refractivity contribution >= 4 is 0 Å². The second-order valence-corrected chi connectivity index (χ2v) is 2.69. The molecular weight excluding hydrogens is 124 g/mol. The van der Waals surface area contributed by atoms with E-state index in [9.17, 15) is 0 Å². The van der Waals surface area contributed by atoms with Crippen LogP contribution in [0.5, 0.6) is 0 Å². The topological polar surface area (TPSA) is 38.0 Å². The highest BCUT2D eigenvalue weighted by molar-refractivity contribution is 4.75. The van der Waals surface area contributed by atoms with Gasteiger partial charge in [-0.15, -0.1) is 0 Å². The lowest BCUT2D eigenvalue weighted by molar-refractivity contribution is 0.484. The molecule has 0 aliphatic carbocycles. The molecule has 60 valence electrons. The molecule has 0 spiro atoms. The van der Waals surface area contributed by atoms with E-state index in [4.69, 9.17) is 5.73 Å². The molecule has 0 aromatic carbocycles. The molecule has 2 nitrogen and oxygen atoms in total. The molecule has 0 bridgehead atoms. The number of hydrogen-bond acceptors (Lipinski definition) is 2. The fourth-order valence-corrected chi connectivity index (χ4v) is 0.968. The van der Waals surface area contributed by atoms with Crippen LogP contribution in [0.15, 0.2) is 12.8 Å². The zero-order valence-electron chi connectivity index (χ0n) is 6.93. The van der Waals surface area contributed by atoms with Gasteiger partial charge in [0.2, 0.25) is 0 Å². The Kier molecular flexibility index (Phi) is 5.03. The summed E-state index contributed by atoms with van der Waals surface area (Å²) >= 11 is 0. The fourth-order valence-electron chi connectivity index (χ4n) is 0.968. The van der Waals surface area contributed by atoms with E-state index in [2.05, 4.69) is 18.8 Å². The third kappa shape index (κ3) is 4.39. The molecule has 3 N–H and O–H groups in total. The first kappa shape index (κ1) is 9.50. The van der Waals surface area contributed by atoms with Gasteiger partial charge in [0.25, 0.3) is 0 Å². The van der Waals surface area contributed by atoms with Crippen LogP contribution in [0.1, 0.15) is 26.7 Å². The average molecular weight is 142 g/mol. The molecule has 0 radical (unpaired) electrons. The lowest BCUT2D eigenvalue weighted by Crippen LogP contribution is -2.30. The SMILES string of the molecule is C=CNC(CC)CC(C)N. The van der Waals surface area contributed by atoms with Crippen LogP contribution in [0.25, 0.3) is 0 Å². The summed E-state index contributed by atoms with van der Waals surface area (Å²) in [5.74, 6) is 0. The molecule has 0 aliphatic rings. The van der Waals surface area contributed by atoms with Crippen LogP contribution in [0.4, 0.5) is 0 Å². The van der Waals surface area contributed by atoms with Gasteiger partial charge in [-0.05, 0) is 26.0 Å². The third-order valence-corrected chi connectivity index (χ3v) is 1.50. The molecule has 0 rings (SSSR count). The molecule has 0 saturated heterocycles. The average Bonchev–Trinajstić information content (AvgIpc) is 1.86. The summed E-state index contributed by atoms with van der Waals surface area (Å²) in [6.45, 7) is 7.77. The molecule has 0 fully saturated rings. The molecule has 10 heavy (non-hydrogen) atoms. The Labute approximate surface area is 63.5 Å². The summed E-state index contributed by atoms with van der Waals surface area (Å²) < 4.78 is 0. The fraction of sp³-hybridized carbons (Fsp3) is 0.750. The molecule has 0 amide bonds. The number of hydrogen-bond donors (Lipinski definition) is 2. The highest BCUT2D eigenvalue weighted by Crippen LogP contribution is 1.99. The van der Waals surface area contributed by atoms with Gasteiger partial charge in [0.15, 0.2) is 0 Å². The molecule has 0 saturated carbocycles. The molecule has 2 unspecified atom stereocenters. The van der Waals surface area contributed by atoms with Crippen molar-refractivity contribution in [2.45, 2.75) is 38.8 Å². The Morgan fingerprint density at radius 1 is 1.70 bits per heavy atom. The Morgan fingerprint density at radius 3 is 2.60 bits per heavy atom. The first-order valence-electron chi connectivity index (χ1n) is 3.83. The summed E-state index contributed by atoms with van der Waals surface area (Å²) in [6, 6.07) is 0.773. The normalized spacial score (nSPS) is 15.9. The summed E-state index contributed by atoms with van der Waals surface area (Å²) in [7, 11) is 0. The van der Waals surface area contributed by atoms with Crippen molar-refractivity contribution < 1.29 is 0 Å². The molecular formula is C8H18N2. The van der Waals surface area contributed by atoms with Crippen molar-refractivity contribution in [3.63, 3.8) is 0 Å².